The number of likely N-dealkylation sites (tertiary alicyclic amines) is 1. The zero-order valence-electron chi connectivity index (χ0n) is 18.6. The van der Waals surface area contributed by atoms with Gasteiger partial charge in [0.25, 0.3) is 0 Å². The SMILES string of the molecule is Cc1nc2c(F)cc(-c3nc(CC(C)C)nc4[nH]ccc34)cc2n1C1CCN(C)CC1. The van der Waals surface area contributed by atoms with E-state index in [4.69, 9.17) is 4.98 Å². The summed E-state index contributed by atoms with van der Waals surface area (Å²) in [5.41, 5.74) is 3.64. The molecular weight excluding hydrogens is 391 g/mol. The lowest BCUT2D eigenvalue weighted by Gasteiger charge is -2.30. The van der Waals surface area contributed by atoms with Gasteiger partial charge in [0.15, 0.2) is 5.82 Å². The third-order valence-electron chi connectivity index (χ3n) is 6.30. The van der Waals surface area contributed by atoms with E-state index in [0.717, 1.165) is 71.8 Å². The molecule has 0 saturated carbocycles. The minimum Gasteiger partial charge on any atom is -0.346 e. The van der Waals surface area contributed by atoms with Gasteiger partial charge < -0.3 is 14.5 Å². The molecule has 3 aromatic heterocycles. The maximum Gasteiger partial charge on any atom is 0.151 e. The second-order valence-corrected chi connectivity index (χ2v) is 9.22. The smallest absolute Gasteiger partial charge is 0.151 e. The van der Waals surface area contributed by atoms with Crippen LogP contribution in [-0.2, 0) is 6.42 Å². The zero-order chi connectivity index (χ0) is 21.7. The summed E-state index contributed by atoms with van der Waals surface area (Å²) in [4.78, 5) is 19.7. The Balaban J connectivity index is 1.68. The second kappa shape index (κ2) is 7.71. The minimum atomic E-state index is -0.296. The van der Waals surface area contributed by atoms with Crippen LogP contribution in [0.3, 0.4) is 0 Å². The van der Waals surface area contributed by atoms with E-state index < -0.39 is 0 Å². The largest absolute Gasteiger partial charge is 0.346 e. The number of halogens is 1. The molecule has 1 aromatic carbocycles. The number of rotatable bonds is 4. The number of aryl methyl sites for hydroxylation is 1. The first kappa shape index (κ1) is 20.1. The van der Waals surface area contributed by atoms with E-state index in [1.165, 1.54) is 0 Å². The Labute approximate surface area is 181 Å². The quantitative estimate of drug-likeness (QED) is 0.511. The van der Waals surface area contributed by atoms with Crippen LogP contribution in [0.1, 0.15) is 44.4 Å². The van der Waals surface area contributed by atoms with Gasteiger partial charge in [0.2, 0.25) is 0 Å². The maximum absolute atomic E-state index is 15.3. The molecule has 6 nitrogen and oxygen atoms in total. The molecule has 1 fully saturated rings. The zero-order valence-corrected chi connectivity index (χ0v) is 18.6. The highest BCUT2D eigenvalue weighted by atomic mass is 19.1. The molecule has 0 unspecified atom stereocenters. The lowest BCUT2D eigenvalue weighted by molar-refractivity contribution is 0.222. The summed E-state index contributed by atoms with van der Waals surface area (Å²) in [6.45, 7) is 8.36. The predicted molar refractivity (Wildman–Crippen MR) is 122 cm³/mol. The van der Waals surface area contributed by atoms with Crippen molar-refractivity contribution in [3.05, 3.63) is 41.9 Å². The number of imidazole rings is 1. The number of hydrogen-bond donors (Lipinski definition) is 1. The summed E-state index contributed by atoms with van der Waals surface area (Å²) in [5, 5.41) is 0.910. The highest BCUT2D eigenvalue weighted by Crippen LogP contribution is 2.34. The van der Waals surface area contributed by atoms with Gasteiger partial charge in [-0.05, 0) is 64.0 Å². The van der Waals surface area contributed by atoms with E-state index in [1.807, 2.05) is 19.2 Å². The van der Waals surface area contributed by atoms with E-state index in [9.17, 15) is 0 Å². The molecule has 0 amide bonds. The number of H-pyrrole nitrogens is 1. The lowest BCUT2D eigenvalue weighted by atomic mass is 10.0. The number of piperidine rings is 1. The van der Waals surface area contributed by atoms with E-state index in [1.54, 1.807) is 6.07 Å². The van der Waals surface area contributed by atoms with Crippen molar-refractivity contribution in [2.24, 2.45) is 5.92 Å². The van der Waals surface area contributed by atoms with Gasteiger partial charge in [-0.25, -0.2) is 19.3 Å². The molecule has 4 heterocycles. The van der Waals surface area contributed by atoms with Gasteiger partial charge in [-0.2, -0.15) is 0 Å². The van der Waals surface area contributed by atoms with Gasteiger partial charge >= 0.3 is 0 Å². The Morgan fingerprint density at radius 1 is 1.16 bits per heavy atom. The molecule has 1 saturated heterocycles. The third-order valence-corrected chi connectivity index (χ3v) is 6.30. The van der Waals surface area contributed by atoms with Crippen LogP contribution in [0.15, 0.2) is 24.4 Å². The molecule has 7 heteroatoms. The van der Waals surface area contributed by atoms with Crippen LogP contribution in [0.5, 0.6) is 0 Å². The van der Waals surface area contributed by atoms with Crippen LogP contribution >= 0.6 is 0 Å². The summed E-state index contributed by atoms with van der Waals surface area (Å²) < 4.78 is 17.5. The van der Waals surface area contributed by atoms with Crippen molar-refractivity contribution in [2.45, 2.75) is 46.1 Å². The van der Waals surface area contributed by atoms with E-state index in [0.29, 0.717) is 17.5 Å². The van der Waals surface area contributed by atoms with Crippen molar-refractivity contribution in [3.63, 3.8) is 0 Å². The number of aromatic amines is 1. The number of aromatic nitrogens is 5. The van der Waals surface area contributed by atoms with E-state index >= 15 is 4.39 Å². The first-order valence-corrected chi connectivity index (χ1v) is 11.1. The second-order valence-electron chi connectivity index (χ2n) is 9.22. The lowest BCUT2D eigenvalue weighted by Crippen LogP contribution is -2.31. The molecule has 1 aliphatic rings. The number of fused-ring (bicyclic) bond motifs is 2. The van der Waals surface area contributed by atoms with E-state index in [2.05, 4.69) is 51.4 Å². The first-order valence-electron chi connectivity index (χ1n) is 11.1. The van der Waals surface area contributed by atoms with Crippen molar-refractivity contribution in [3.8, 4) is 11.3 Å². The monoisotopic (exact) mass is 420 g/mol. The molecule has 0 atom stereocenters. The van der Waals surface area contributed by atoms with Crippen LogP contribution < -0.4 is 0 Å². The molecule has 5 rings (SSSR count). The van der Waals surface area contributed by atoms with Gasteiger partial charge in [-0.1, -0.05) is 13.8 Å². The van der Waals surface area contributed by atoms with Crippen molar-refractivity contribution in [1.29, 1.82) is 0 Å². The molecular formula is C24H29FN6. The topological polar surface area (TPSA) is 62.6 Å². The Bertz CT molecular complexity index is 1250. The molecule has 0 spiro atoms. The van der Waals surface area contributed by atoms with Gasteiger partial charge in [0, 0.05) is 29.6 Å². The van der Waals surface area contributed by atoms with Crippen LogP contribution in [0.25, 0.3) is 33.3 Å². The molecule has 162 valence electrons. The standard InChI is InChI=1S/C24H29FN6/c1-14(2)11-21-28-22(18-5-8-26-24(18)29-21)16-12-19(25)23-20(13-16)31(15(3)27-23)17-6-9-30(4)10-7-17/h5,8,12-14,17H,6-7,9-11H2,1-4H3,(H,26,28,29). The Hall–Kier alpha value is -2.80. The molecule has 1 aliphatic heterocycles. The highest BCUT2D eigenvalue weighted by Gasteiger charge is 2.24. The number of nitrogens with zero attached hydrogens (tertiary/aromatic N) is 5. The Kier molecular flexibility index (Phi) is 5.01. The van der Waals surface area contributed by atoms with Gasteiger partial charge in [-0.3, -0.25) is 0 Å². The Morgan fingerprint density at radius 2 is 1.94 bits per heavy atom. The fraction of sp³-hybridized carbons (Fsp3) is 0.458. The van der Waals surface area contributed by atoms with Crippen LogP contribution in [0, 0.1) is 18.7 Å². The van der Waals surface area contributed by atoms with Crippen molar-refractivity contribution < 1.29 is 4.39 Å². The highest BCUT2D eigenvalue weighted by molar-refractivity contribution is 5.93. The normalized spacial score (nSPS) is 16.2. The third kappa shape index (κ3) is 3.61. The molecule has 0 aliphatic carbocycles. The number of benzene rings is 1. The van der Waals surface area contributed by atoms with Crippen molar-refractivity contribution in [2.75, 3.05) is 20.1 Å². The maximum atomic E-state index is 15.3. The first-order chi connectivity index (χ1) is 14.9. The summed E-state index contributed by atoms with van der Waals surface area (Å²) in [5.74, 6) is 1.79. The molecule has 0 radical (unpaired) electrons. The van der Waals surface area contributed by atoms with Gasteiger partial charge in [-0.15, -0.1) is 0 Å². The molecule has 1 N–H and O–H groups in total. The fourth-order valence-corrected chi connectivity index (χ4v) is 4.78. The Morgan fingerprint density at radius 3 is 2.68 bits per heavy atom. The predicted octanol–water partition coefficient (Wildman–Crippen LogP) is 4.89. The van der Waals surface area contributed by atoms with Crippen molar-refractivity contribution in [1.82, 2.24) is 29.4 Å². The van der Waals surface area contributed by atoms with Gasteiger partial charge in [0.1, 0.15) is 22.8 Å². The van der Waals surface area contributed by atoms with Crippen LogP contribution in [0.2, 0.25) is 0 Å². The molecule has 4 aromatic rings. The minimum absolute atomic E-state index is 0.296. The number of nitrogens with one attached hydrogen (secondary N) is 1. The van der Waals surface area contributed by atoms with E-state index in [-0.39, 0.29) is 5.82 Å². The van der Waals surface area contributed by atoms with Gasteiger partial charge in [0.05, 0.1) is 11.2 Å². The fourth-order valence-electron chi connectivity index (χ4n) is 4.78. The average Bonchev–Trinajstić information content (AvgIpc) is 3.32. The summed E-state index contributed by atoms with van der Waals surface area (Å²) in [7, 11) is 2.15. The summed E-state index contributed by atoms with van der Waals surface area (Å²) in [6, 6.07) is 5.93. The van der Waals surface area contributed by atoms with Crippen LogP contribution in [0.4, 0.5) is 4.39 Å². The van der Waals surface area contributed by atoms with Crippen LogP contribution in [-0.4, -0.2) is 49.5 Å². The average molecular weight is 421 g/mol. The number of hydrogen-bond acceptors (Lipinski definition) is 4. The summed E-state index contributed by atoms with van der Waals surface area (Å²) >= 11 is 0. The van der Waals surface area contributed by atoms with Crippen molar-refractivity contribution >= 4 is 22.1 Å². The molecule has 31 heavy (non-hydrogen) atoms. The summed E-state index contributed by atoms with van der Waals surface area (Å²) in [6.07, 6.45) is 4.73. The molecule has 0 bridgehead atoms.